The molecule has 1 unspecified atom stereocenters. The number of nitrogens with zero attached hydrogens (tertiary/aromatic N) is 2. The molecule has 1 aliphatic rings. The van der Waals surface area contributed by atoms with Gasteiger partial charge in [0.15, 0.2) is 6.35 Å². The number of nitriles is 1. The summed E-state index contributed by atoms with van der Waals surface area (Å²) in [6.07, 6.45) is 2.16. The molecule has 5 nitrogen and oxygen atoms in total. The lowest BCUT2D eigenvalue weighted by atomic mass is 10.2. The fraction of sp³-hybridized carbons (Fsp3) is 0.545. The van der Waals surface area contributed by atoms with Gasteiger partial charge < -0.3 is 15.7 Å². The van der Waals surface area contributed by atoms with E-state index in [1.807, 2.05) is 17.9 Å². The Hall–Kier alpha value is -1.35. The molecule has 0 aromatic heterocycles. The molecule has 0 saturated carbocycles. The second-order valence-corrected chi connectivity index (χ2v) is 3.75. The Labute approximate surface area is 96.1 Å². The summed E-state index contributed by atoms with van der Waals surface area (Å²) in [5.74, 6) is 0. The largest absolute Gasteiger partial charge is 0.361 e. The van der Waals surface area contributed by atoms with Gasteiger partial charge in [0.2, 0.25) is 0 Å². The zero-order valence-electron chi connectivity index (χ0n) is 9.48. The van der Waals surface area contributed by atoms with Crippen LogP contribution in [0.25, 0.3) is 0 Å². The molecule has 0 radical (unpaired) electrons. The van der Waals surface area contributed by atoms with Crippen LogP contribution >= 0.6 is 0 Å². The highest BCUT2D eigenvalue weighted by atomic mass is 16.3. The third-order valence-corrected chi connectivity index (χ3v) is 2.60. The minimum Gasteiger partial charge on any atom is -0.361 e. The molecule has 16 heavy (non-hydrogen) atoms. The maximum atomic E-state index is 9.88. The predicted octanol–water partition coefficient (Wildman–Crippen LogP) is -0.261. The van der Waals surface area contributed by atoms with Gasteiger partial charge in [-0.1, -0.05) is 12.7 Å². The van der Waals surface area contributed by atoms with Crippen molar-refractivity contribution in [3.05, 3.63) is 24.4 Å². The SMILES string of the molecule is C=C/C(C#N)=C\NC(O)N1CCNC[C@H]1C. The highest BCUT2D eigenvalue weighted by molar-refractivity contribution is 5.30. The van der Waals surface area contributed by atoms with Crippen molar-refractivity contribution < 1.29 is 5.11 Å². The molecule has 1 aliphatic heterocycles. The summed E-state index contributed by atoms with van der Waals surface area (Å²) in [6.45, 7) is 8.04. The van der Waals surface area contributed by atoms with Crippen molar-refractivity contribution in [2.24, 2.45) is 0 Å². The summed E-state index contributed by atoms with van der Waals surface area (Å²) in [7, 11) is 0. The van der Waals surface area contributed by atoms with E-state index < -0.39 is 6.35 Å². The normalized spacial score (nSPS) is 24.6. The van der Waals surface area contributed by atoms with Crippen LogP contribution in [0.2, 0.25) is 0 Å². The third kappa shape index (κ3) is 3.35. The van der Waals surface area contributed by atoms with Crippen molar-refractivity contribution in [3.8, 4) is 6.07 Å². The molecule has 0 aromatic rings. The van der Waals surface area contributed by atoms with Gasteiger partial charge in [0.25, 0.3) is 0 Å². The quantitative estimate of drug-likeness (QED) is 0.347. The molecule has 0 aromatic carbocycles. The lowest BCUT2D eigenvalue weighted by Gasteiger charge is -2.37. The number of rotatable bonds is 4. The first kappa shape index (κ1) is 12.7. The van der Waals surface area contributed by atoms with Crippen molar-refractivity contribution in [2.45, 2.75) is 19.3 Å². The fourth-order valence-electron chi connectivity index (χ4n) is 1.62. The van der Waals surface area contributed by atoms with E-state index >= 15 is 0 Å². The number of hydrogen-bond acceptors (Lipinski definition) is 5. The van der Waals surface area contributed by atoms with Gasteiger partial charge in [-0.25, -0.2) is 0 Å². The van der Waals surface area contributed by atoms with Crippen molar-refractivity contribution in [2.75, 3.05) is 19.6 Å². The standard InChI is InChI=1S/C11H18N4O/c1-3-10(6-12)8-14-11(16)15-5-4-13-7-9(15)2/h3,8-9,11,13-14,16H,1,4-5,7H2,2H3/b10-8+/t9-,11?/m1/s1. The molecule has 1 saturated heterocycles. The van der Waals surface area contributed by atoms with Crippen LogP contribution in [-0.2, 0) is 0 Å². The summed E-state index contributed by atoms with van der Waals surface area (Å²) in [5.41, 5.74) is 0.404. The molecule has 1 fully saturated rings. The Kier molecular flexibility index (Phi) is 4.99. The Morgan fingerprint density at radius 3 is 3.12 bits per heavy atom. The second kappa shape index (κ2) is 6.28. The molecule has 0 aliphatic carbocycles. The first-order valence-electron chi connectivity index (χ1n) is 5.32. The lowest BCUT2D eigenvalue weighted by molar-refractivity contribution is -0.0436. The van der Waals surface area contributed by atoms with Crippen LogP contribution in [0.15, 0.2) is 24.4 Å². The number of allylic oxidation sites excluding steroid dienone is 2. The van der Waals surface area contributed by atoms with Crippen LogP contribution in [0, 0.1) is 11.3 Å². The van der Waals surface area contributed by atoms with Gasteiger partial charge in [0, 0.05) is 31.9 Å². The maximum Gasteiger partial charge on any atom is 0.183 e. The predicted molar refractivity (Wildman–Crippen MR) is 62.1 cm³/mol. The molecule has 2 atom stereocenters. The van der Waals surface area contributed by atoms with E-state index in [9.17, 15) is 5.11 Å². The molecular weight excluding hydrogens is 204 g/mol. The fourth-order valence-corrected chi connectivity index (χ4v) is 1.62. The van der Waals surface area contributed by atoms with Crippen LogP contribution in [0.5, 0.6) is 0 Å². The van der Waals surface area contributed by atoms with Crippen LogP contribution < -0.4 is 10.6 Å². The molecule has 1 rings (SSSR count). The van der Waals surface area contributed by atoms with Crippen molar-refractivity contribution in [1.82, 2.24) is 15.5 Å². The van der Waals surface area contributed by atoms with Crippen LogP contribution in [-0.4, -0.2) is 42.0 Å². The monoisotopic (exact) mass is 222 g/mol. The van der Waals surface area contributed by atoms with E-state index in [2.05, 4.69) is 17.2 Å². The lowest BCUT2D eigenvalue weighted by Crippen LogP contribution is -2.57. The van der Waals surface area contributed by atoms with Gasteiger partial charge in [0.05, 0.1) is 5.57 Å². The Morgan fingerprint density at radius 1 is 1.81 bits per heavy atom. The molecule has 1 heterocycles. The molecule has 88 valence electrons. The van der Waals surface area contributed by atoms with Gasteiger partial charge in [-0.15, -0.1) is 0 Å². The van der Waals surface area contributed by atoms with Crippen molar-refractivity contribution in [3.63, 3.8) is 0 Å². The first-order valence-corrected chi connectivity index (χ1v) is 5.32. The zero-order chi connectivity index (χ0) is 12.0. The van der Waals surface area contributed by atoms with Gasteiger partial charge in [-0.2, -0.15) is 5.26 Å². The third-order valence-electron chi connectivity index (χ3n) is 2.60. The minimum absolute atomic E-state index is 0.263. The summed E-state index contributed by atoms with van der Waals surface area (Å²) in [6, 6.07) is 2.22. The van der Waals surface area contributed by atoms with Gasteiger partial charge in [-0.05, 0) is 6.92 Å². The summed E-state index contributed by atoms with van der Waals surface area (Å²) >= 11 is 0. The summed E-state index contributed by atoms with van der Waals surface area (Å²) < 4.78 is 0. The van der Waals surface area contributed by atoms with E-state index in [0.717, 1.165) is 19.6 Å². The van der Waals surface area contributed by atoms with E-state index in [1.165, 1.54) is 12.3 Å². The highest BCUT2D eigenvalue weighted by Gasteiger charge is 2.23. The van der Waals surface area contributed by atoms with Gasteiger partial charge in [0.1, 0.15) is 6.07 Å². The minimum atomic E-state index is -0.764. The van der Waals surface area contributed by atoms with Gasteiger partial charge in [-0.3, -0.25) is 4.90 Å². The van der Waals surface area contributed by atoms with E-state index in [0.29, 0.717) is 5.57 Å². The number of nitrogens with one attached hydrogen (secondary N) is 2. The second-order valence-electron chi connectivity index (χ2n) is 3.75. The summed E-state index contributed by atoms with van der Waals surface area (Å²) in [4.78, 5) is 1.94. The van der Waals surface area contributed by atoms with E-state index in [1.54, 1.807) is 0 Å². The number of aliphatic hydroxyl groups is 1. The zero-order valence-corrected chi connectivity index (χ0v) is 9.48. The molecule has 0 bridgehead atoms. The van der Waals surface area contributed by atoms with Crippen LogP contribution in [0.3, 0.4) is 0 Å². The Balaban J connectivity index is 2.51. The average molecular weight is 222 g/mol. The van der Waals surface area contributed by atoms with Gasteiger partial charge >= 0.3 is 0 Å². The molecule has 3 N–H and O–H groups in total. The summed E-state index contributed by atoms with van der Waals surface area (Å²) in [5, 5.41) is 24.6. The van der Waals surface area contributed by atoms with E-state index in [-0.39, 0.29) is 6.04 Å². The molecular formula is C11H18N4O. The topological polar surface area (TPSA) is 71.3 Å². The van der Waals surface area contributed by atoms with Crippen molar-refractivity contribution in [1.29, 1.82) is 5.26 Å². The first-order chi connectivity index (χ1) is 7.69. The molecule has 0 spiro atoms. The smallest absolute Gasteiger partial charge is 0.183 e. The van der Waals surface area contributed by atoms with Crippen LogP contribution in [0.1, 0.15) is 6.92 Å². The Bertz CT molecular complexity index is 308. The molecule has 0 amide bonds. The number of aliphatic hydroxyl groups excluding tert-OH is 1. The van der Waals surface area contributed by atoms with E-state index in [4.69, 9.17) is 5.26 Å². The highest BCUT2D eigenvalue weighted by Crippen LogP contribution is 2.04. The Morgan fingerprint density at radius 2 is 2.56 bits per heavy atom. The maximum absolute atomic E-state index is 9.88. The number of hydrogen-bond donors (Lipinski definition) is 3. The molecule has 5 heteroatoms. The van der Waals surface area contributed by atoms with Crippen LogP contribution in [0.4, 0.5) is 0 Å². The van der Waals surface area contributed by atoms with Crippen molar-refractivity contribution >= 4 is 0 Å². The average Bonchev–Trinajstić information content (AvgIpc) is 2.30. The number of piperazine rings is 1.